The number of aromatic nitrogens is 1. The van der Waals surface area contributed by atoms with Crippen LogP contribution in [0.1, 0.15) is 18.5 Å². The monoisotopic (exact) mass is 285 g/mol. The van der Waals surface area contributed by atoms with E-state index in [-0.39, 0.29) is 10.9 Å². The number of carboxylic acids is 1. The highest BCUT2D eigenvalue weighted by atomic mass is 19.4. The molecule has 1 aromatic heterocycles. The lowest BCUT2D eigenvalue weighted by Gasteiger charge is -2.15. The number of pyridine rings is 1. The molecule has 0 aliphatic carbocycles. The van der Waals surface area contributed by atoms with Gasteiger partial charge in [0.1, 0.15) is 6.04 Å². The fraction of sp³-hybridized carbons (Fsp3) is 0.231. The van der Waals surface area contributed by atoms with Crippen LogP contribution in [-0.4, -0.2) is 15.6 Å². The minimum Gasteiger partial charge on any atom is -0.480 e. The lowest BCUT2D eigenvalue weighted by atomic mass is 10.1. The molecule has 0 aliphatic rings. The fourth-order valence-corrected chi connectivity index (χ4v) is 1.91. The van der Waals surface area contributed by atoms with E-state index >= 15 is 0 Å². The van der Waals surface area contributed by atoms with Gasteiger partial charge in [0.05, 0.1) is 11.1 Å². The zero-order valence-corrected chi connectivity index (χ0v) is 10.3. The number of aliphatic carboxylic acids is 1. The molecule has 1 aromatic carbocycles. The van der Waals surface area contributed by atoms with Crippen LogP contribution in [0.2, 0.25) is 0 Å². The number of hydrogen-bond donors (Lipinski definition) is 1. The van der Waals surface area contributed by atoms with Gasteiger partial charge >= 0.3 is 12.1 Å². The van der Waals surface area contributed by atoms with Crippen LogP contribution >= 0.6 is 0 Å². The normalized spacial score (nSPS) is 13.4. The number of fused-ring (bicyclic) bond motifs is 1. The Kier molecular flexibility index (Phi) is 3.29. The number of alkyl halides is 3. The largest absolute Gasteiger partial charge is 0.480 e. The summed E-state index contributed by atoms with van der Waals surface area (Å²) in [5.74, 6) is -1.14. The van der Waals surface area contributed by atoms with Crippen molar-refractivity contribution >= 4 is 16.9 Å². The number of carboxylic acid groups (broad SMARTS) is 1. The van der Waals surface area contributed by atoms with E-state index in [1.165, 1.54) is 17.7 Å². The van der Waals surface area contributed by atoms with Gasteiger partial charge in [0.15, 0.2) is 5.43 Å². The van der Waals surface area contributed by atoms with Crippen molar-refractivity contribution in [2.75, 3.05) is 0 Å². The zero-order valence-electron chi connectivity index (χ0n) is 10.3. The van der Waals surface area contributed by atoms with E-state index in [0.717, 1.165) is 24.3 Å². The minimum absolute atomic E-state index is 0.153. The molecule has 1 unspecified atom stereocenters. The van der Waals surface area contributed by atoms with Gasteiger partial charge in [-0.25, -0.2) is 4.79 Å². The van der Waals surface area contributed by atoms with Gasteiger partial charge < -0.3 is 9.67 Å². The lowest BCUT2D eigenvalue weighted by molar-refractivity contribution is -0.140. The van der Waals surface area contributed by atoms with E-state index in [1.807, 2.05) is 0 Å². The van der Waals surface area contributed by atoms with Crippen molar-refractivity contribution in [2.45, 2.75) is 19.1 Å². The molecule has 1 N–H and O–H groups in total. The van der Waals surface area contributed by atoms with Crippen LogP contribution in [0.5, 0.6) is 0 Å². The van der Waals surface area contributed by atoms with Crippen LogP contribution < -0.4 is 5.43 Å². The topological polar surface area (TPSA) is 59.3 Å². The maximum Gasteiger partial charge on any atom is 0.416 e. The number of carbonyl (C=O) groups is 1. The smallest absolute Gasteiger partial charge is 0.416 e. The third kappa shape index (κ3) is 2.38. The van der Waals surface area contributed by atoms with Crippen LogP contribution in [0.4, 0.5) is 13.2 Å². The molecule has 1 atom stereocenters. The van der Waals surface area contributed by atoms with E-state index in [4.69, 9.17) is 5.11 Å². The SMILES string of the molecule is CC(C(=O)O)n1ccc(=O)c2cc(C(F)(F)F)ccc21. The molecule has 0 radical (unpaired) electrons. The molecule has 0 saturated carbocycles. The number of rotatable bonds is 2. The quantitative estimate of drug-likeness (QED) is 0.922. The minimum atomic E-state index is -4.56. The molecule has 0 aliphatic heterocycles. The third-order valence-electron chi connectivity index (χ3n) is 3.03. The Morgan fingerprint density at radius 2 is 1.95 bits per heavy atom. The van der Waals surface area contributed by atoms with Crippen molar-refractivity contribution in [1.29, 1.82) is 0 Å². The Hall–Kier alpha value is -2.31. The molecule has 0 amide bonds. The van der Waals surface area contributed by atoms with Crippen molar-refractivity contribution in [3.63, 3.8) is 0 Å². The van der Waals surface area contributed by atoms with Gasteiger partial charge in [-0.05, 0) is 25.1 Å². The second-order valence-electron chi connectivity index (χ2n) is 4.33. The second kappa shape index (κ2) is 4.66. The summed E-state index contributed by atoms with van der Waals surface area (Å²) in [6, 6.07) is 2.74. The maximum atomic E-state index is 12.6. The third-order valence-corrected chi connectivity index (χ3v) is 3.03. The van der Waals surface area contributed by atoms with Gasteiger partial charge in [-0.1, -0.05) is 0 Å². The summed E-state index contributed by atoms with van der Waals surface area (Å²) in [7, 11) is 0. The molecule has 7 heteroatoms. The van der Waals surface area contributed by atoms with E-state index in [0.29, 0.717) is 0 Å². The summed E-state index contributed by atoms with van der Waals surface area (Å²) in [6.45, 7) is 1.38. The average molecular weight is 285 g/mol. The number of hydrogen-bond acceptors (Lipinski definition) is 2. The first-order valence-corrected chi connectivity index (χ1v) is 5.66. The summed E-state index contributed by atoms with van der Waals surface area (Å²) in [6.07, 6.45) is -3.30. The standard InChI is InChI=1S/C13H10F3NO3/c1-7(12(19)20)17-5-4-11(18)9-6-8(13(14,15)16)2-3-10(9)17/h2-7H,1H3,(H,19,20). The molecule has 1 heterocycles. The van der Waals surface area contributed by atoms with Crippen LogP contribution in [0.15, 0.2) is 35.3 Å². The summed E-state index contributed by atoms with van der Waals surface area (Å²) in [4.78, 5) is 22.7. The van der Waals surface area contributed by atoms with Crippen molar-refractivity contribution in [2.24, 2.45) is 0 Å². The Morgan fingerprint density at radius 1 is 1.30 bits per heavy atom. The second-order valence-corrected chi connectivity index (χ2v) is 4.33. The molecular weight excluding hydrogens is 275 g/mol. The summed E-state index contributed by atoms with van der Waals surface area (Å²) in [5, 5.41) is 8.81. The number of halogens is 3. The fourth-order valence-electron chi connectivity index (χ4n) is 1.91. The van der Waals surface area contributed by atoms with Gasteiger partial charge in [-0.3, -0.25) is 4.79 Å². The van der Waals surface area contributed by atoms with E-state index in [1.54, 1.807) is 0 Å². The first kappa shape index (κ1) is 14.1. The molecule has 0 fully saturated rings. The highest BCUT2D eigenvalue weighted by molar-refractivity contribution is 5.82. The van der Waals surface area contributed by atoms with Gasteiger partial charge in [0, 0.05) is 17.6 Å². The predicted octanol–water partition coefficient (Wildman–Crippen LogP) is 2.67. The summed E-state index contributed by atoms with van der Waals surface area (Å²) >= 11 is 0. The lowest BCUT2D eigenvalue weighted by Crippen LogP contribution is -2.19. The van der Waals surface area contributed by atoms with E-state index in [9.17, 15) is 22.8 Å². The van der Waals surface area contributed by atoms with Gasteiger partial charge in [0.25, 0.3) is 0 Å². The first-order valence-electron chi connectivity index (χ1n) is 5.66. The Balaban J connectivity index is 2.75. The number of benzene rings is 1. The molecule has 0 saturated heterocycles. The summed E-state index contributed by atoms with van der Waals surface area (Å²) < 4.78 is 39.1. The molecule has 0 spiro atoms. The maximum absolute atomic E-state index is 12.6. The number of nitrogens with zero attached hydrogens (tertiary/aromatic N) is 1. The van der Waals surface area contributed by atoms with Crippen LogP contribution in [0.3, 0.4) is 0 Å². The molecule has 106 valence electrons. The predicted molar refractivity (Wildman–Crippen MR) is 65.6 cm³/mol. The molecule has 2 rings (SSSR count). The van der Waals surface area contributed by atoms with Gasteiger partial charge in [0.2, 0.25) is 0 Å². The highest BCUT2D eigenvalue weighted by Crippen LogP contribution is 2.31. The highest BCUT2D eigenvalue weighted by Gasteiger charge is 2.31. The molecule has 4 nitrogen and oxygen atoms in total. The van der Waals surface area contributed by atoms with Gasteiger partial charge in [-0.15, -0.1) is 0 Å². The van der Waals surface area contributed by atoms with Crippen molar-refractivity contribution in [1.82, 2.24) is 4.57 Å². The summed E-state index contributed by atoms with van der Waals surface area (Å²) in [5.41, 5.74) is -1.37. The molecular formula is C13H10F3NO3. The molecule has 0 bridgehead atoms. The van der Waals surface area contributed by atoms with Crippen LogP contribution in [-0.2, 0) is 11.0 Å². The zero-order chi connectivity index (χ0) is 15.1. The first-order chi connectivity index (χ1) is 9.21. The van der Waals surface area contributed by atoms with Crippen molar-refractivity contribution < 1.29 is 23.1 Å². The van der Waals surface area contributed by atoms with Crippen molar-refractivity contribution in [3.05, 3.63) is 46.2 Å². The molecule has 20 heavy (non-hydrogen) atoms. The van der Waals surface area contributed by atoms with Gasteiger partial charge in [-0.2, -0.15) is 13.2 Å². The Bertz CT molecular complexity index is 734. The van der Waals surface area contributed by atoms with E-state index in [2.05, 4.69) is 0 Å². The Labute approximate surface area is 111 Å². The van der Waals surface area contributed by atoms with Crippen LogP contribution in [0, 0.1) is 0 Å². The van der Waals surface area contributed by atoms with Crippen LogP contribution in [0.25, 0.3) is 10.9 Å². The molecule has 2 aromatic rings. The van der Waals surface area contributed by atoms with E-state index < -0.39 is 29.2 Å². The average Bonchev–Trinajstić information content (AvgIpc) is 2.37. The Morgan fingerprint density at radius 3 is 2.50 bits per heavy atom. The van der Waals surface area contributed by atoms with Crippen molar-refractivity contribution in [3.8, 4) is 0 Å².